The minimum atomic E-state index is -0.267. The predicted molar refractivity (Wildman–Crippen MR) is 87.4 cm³/mol. The quantitative estimate of drug-likeness (QED) is 0.819. The van der Waals surface area contributed by atoms with Gasteiger partial charge in [-0.05, 0) is 43.0 Å². The number of nitrogens with one attached hydrogen (secondary N) is 1. The molecule has 5 heteroatoms. The Hall–Kier alpha value is -1.20. The highest BCUT2D eigenvalue weighted by molar-refractivity contribution is 9.10. The number of aromatic amines is 1. The summed E-state index contributed by atoms with van der Waals surface area (Å²) in [7, 11) is 0. The topological polar surface area (TPSA) is 54.7 Å². The molecule has 0 aliphatic carbocycles. The van der Waals surface area contributed by atoms with Crippen LogP contribution in [0.15, 0.2) is 28.9 Å². The first-order valence-corrected chi connectivity index (χ1v) is 7.98. The van der Waals surface area contributed by atoms with Crippen molar-refractivity contribution in [2.45, 2.75) is 26.7 Å². The molecule has 1 aromatic carbocycles. The second-order valence-corrected chi connectivity index (χ2v) is 6.72. The molecule has 0 amide bonds. The van der Waals surface area contributed by atoms with Crippen molar-refractivity contribution >= 4 is 15.9 Å². The number of rotatable bonds is 6. The van der Waals surface area contributed by atoms with Crippen LogP contribution in [0.25, 0.3) is 11.3 Å². The Labute approximate surface area is 133 Å². The van der Waals surface area contributed by atoms with E-state index in [0.717, 1.165) is 23.1 Å². The molecule has 1 heterocycles. The van der Waals surface area contributed by atoms with Gasteiger partial charge in [0.05, 0.1) is 11.9 Å². The molecule has 3 nitrogen and oxygen atoms in total. The number of aromatic nitrogens is 2. The molecule has 0 saturated heterocycles. The summed E-state index contributed by atoms with van der Waals surface area (Å²) in [5.74, 6) is 1.61. The molecule has 1 aromatic heterocycles. The molecule has 0 spiro atoms. The Morgan fingerprint density at radius 1 is 1.38 bits per heavy atom. The number of H-pyrrole nitrogens is 1. The van der Waals surface area contributed by atoms with E-state index in [1.54, 1.807) is 12.3 Å². The van der Waals surface area contributed by atoms with Gasteiger partial charge in [0.15, 0.2) is 0 Å². The summed E-state index contributed by atoms with van der Waals surface area (Å²) in [6.07, 6.45) is 3.55. The number of hydrogen-bond donors (Lipinski definition) is 2. The summed E-state index contributed by atoms with van der Waals surface area (Å²) < 4.78 is 14.7. The number of nitrogens with zero attached hydrogens (tertiary/aromatic N) is 1. The summed E-state index contributed by atoms with van der Waals surface area (Å²) in [6, 6.07) is 5.02. The third kappa shape index (κ3) is 4.38. The van der Waals surface area contributed by atoms with Gasteiger partial charge in [-0.25, -0.2) is 9.37 Å². The zero-order valence-corrected chi connectivity index (χ0v) is 14.0. The van der Waals surface area contributed by atoms with Crippen LogP contribution in [0.5, 0.6) is 0 Å². The van der Waals surface area contributed by atoms with Gasteiger partial charge in [-0.1, -0.05) is 29.8 Å². The Balaban J connectivity index is 2.14. The highest BCUT2D eigenvalue weighted by Crippen LogP contribution is 2.25. The van der Waals surface area contributed by atoms with E-state index in [9.17, 15) is 4.39 Å². The van der Waals surface area contributed by atoms with Gasteiger partial charge in [-0.15, -0.1) is 0 Å². The lowest BCUT2D eigenvalue weighted by Crippen LogP contribution is -2.19. The SMILES string of the molecule is CC(C)CC(CN)Cc1ncc(-c2ccc(Br)cc2F)[nH]1. The van der Waals surface area contributed by atoms with Crippen LogP contribution < -0.4 is 5.73 Å². The van der Waals surface area contributed by atoms with E-state index in [4.69, 9.17) is 5.73 Å². The second kappa shape index (κ2) is 7.18. The Morgan fingerprint density at radius 2 is 2.14 bits per heavy atom. The fourth-order valence-corrected chi connectivity index (χ4v) is 2.85. The van der Waals surface area contributed by atoms with Gasteiger partial charge in [0.2, 0.25) is 0 Å². The van der Waals surface area contributed by atoms with Gasteiger partial charge >= 0.3 is 0 Å². The Kier molecular flexibility index (Phi) is 5.53. The Morgan fingerprint density at radius 3 is 2.76 bits per heavy atom. The van der Waals surface area contributed by atoms with Crippen LogP contribution in [0.3, 0.4) is 0 Å². The zero-order valence-electron chi connectivity index (χ0n) is 12.4. The first-order valence-electron chi connectivity index (χ1n) is 7.19. The minimum absolute atomic E-state index is 0.267. The highest BCUT2D eigenvalue weighted by atomic mass is 79.9. The standard InChI is InChI=1S/C16H21BrFN3/c1-10(2)5-11(8-19)6-16-20-9-15(21-16)13-4-3-12(17)7-14(13)18/h3-4,7,9-11H,5-6,8,19H2,1-2H3,(H,20,21). The lowest BCUT2D eigenvalue weighted by atomic mass is 9.94. The van der Waals surface area contributed by atoms with E-state index >= 15 is 0 Å². The summed E-state index contributed by atoms with van der Waals surface area (Å²) in [6.45, 7) is 5.02. The van der Waals surface area contributed by atoms with E-state index in [1.807, 2.05) is 6.07 Å². The predicted octanol–water partition coefficient (Wildman–Crippen LogP) is 4.14. The van der Waals surface area contributed by atoms with E-state index < -0.39 is 0 Å². The van der Waals surface area contributed by atoms with Crippen molar-refractivity contribution in [1.82, 2.24) is 9.97 Å². The van der Waals surface area contributed by atoms with Crippen LogP contribution in [-0.4, -0.2) is 16.5 Å². The molecule has 0 fully saturated rings. The summed E-state index contributed by atoms with van der Waals surface area (Å²) in [5.41, 5.74) is 7.06. The van der Waals surface area contributed by atoms with Gasteiger partial charge in [0.25, 0.3) is 0 Å². The largest absolute Gasteiger partial charge is 0.342 e. The van der Waals surface area contributed by atoms with Crippen molar-refractivity contribution in [1.29, 1.82) is 0 Å². The normalized spacial score (nSPS) is 12.9. The number of hydrogen-bond acceptors (Lipinski definition) is 2. The van der Waals surface area contributed by atoms with Gasteiger partial charge in [0.1, 0.15) is 11.6 Å². The van der Waals surface area contributed by atoms with Crippen LogP contribution >= 0.6 is 15.9 Å². The van der Waals surface area contributed by atoms with Crippen molar-refractivity contribution in [3.8, 4) is 11.3 Å². The van der Waals surface area contributed by atoms with Gasteiger partial charge in [0, 0.05) is 16.5 Å². The molecule has 0 radical (unpaired) electrons. The number of benzene rings is 1. The molecule has 1 atom stereocenters. The van der Waals surface area contributed by atoms with Crippen molar-refractivity contribution in [2.24, 2.45) is 17.6 Å². The van der Waals surface area contributed by atoms with Crippen molar-refractivity contribution in [2.75, 3.05) is 6.54 Å². The van der Waals surface area contributed by atoms with Crippen molar-refractivity contribution < 1.29 is 4.39 Å². The first kappa shape index (κ1) is 16.2. The maximum atomic E-state index is 13.9. The molecule has 0 aliphatic heterocycles. The molecular formula is C16H21BrFN3. The maximum Gasteiger partial charge on any atom is 0.133 e. The number of halogens is 2. The van der Waals surface area contributed by atoms with Crippen molar-refractivity contribution in [3.63, 3.8) is 0 Å². The minimum Gasteiger partial charge on any atom is -0.342 e. The van der Waals surface area contributed by atoms with Crippen LogP contribution in [0.4, 0.5) is 4.39 Å². The summed E-state index contributed by atoms with van der Waals surface area (Å²) >= 11 is 3.26. The third-order valence-corrected chi connectivity index (χ3v) is 3.96. The van der Waals surface area contributed by atoms with Crippen LogP contribution in [0.1, 0.15) is 26.1 Å². The van der Waals surface area contributed by atoms with Crippen molar-refractivity contribution in [3.05, 3.63) is 40.5 Å². The maximum absolute atomic E-state index is 13.9. The van der Waals surface area contributed by atoms with Gasteiger partial charge in [-0.3, -0.25) is 0 Å². The van der Waals surface area contributed by atoms with Crippen LogP contribution in [0, 0.1) is 17.7 Å². The molecule has 0 saturated carbocycles. The molecule has 0 bridgehead atoms. The monoisotopic (exact) mass is 353 g/mol. The molecule has 1 unspecified atom stereocenters. The smallest absolute Gasteiger partial charge is 0.133 e. The third-order valence-electron chi connectivity index (χ3n) is 3.47. The molecule has 0 aliphatic rings. The van der Waals surface area contributed by atoms with Crippen LogP contribution in [-0.2, 0) is 6.42 Å². The van der Waals surface area contributed by atoms with Gasteiger partial charge in [-0.2, -0.15) is 0 Å². The molecular weight excluding hydrogens is 333 g/mol. The summed E-state index contributed by atoms with van der Waals surface area (Å²) in [5, 5.41) is 0. The summed E-state index contributed by atoms with van der Waals surface area (Å²) in [4.78, 5) is 7.57. The second-order valence-electron chi connectivity index (χ2n) is 5.80. The van der Waals surface area contributed by atoms with E-state index in [-0.39, 0.29) is 5.82 Å². The lowest BCUT2D eigenvalue weighted by Gasteiger charge is -2.15. The molecule has 2 rings (SSSR count). The van der Waals surface area contributed by atoms with E-state index in [0.29, 0.717) is 29.6 Å². The average molecular weight is 354 g/mol. The fourth-order valence-electron chi connectivity index (χ4n) is 2.51. The van der Waals surface area contributed by atoms with E-state index in [1.165, 1.54) is 6.07 Å². The molecule has 3 N–H and O–H groups in total. The molecule has 2 aromatic rings. The zero-order chi connectivity index (χ0) is 15.4. The molecule has 21 heavy (non-hydrogen) atoms. The first-order chi connectivity index (χ1) is 9.99. The molecule has 114 valence electrons. The fraction of sp³-hybridized carbons (Fsp3) is 0.438. The van der Waals surface area contributed by atoms with Crippen LogP contribution in [0.2, 0.25) is 0 Å². The Bertz CT molecular complexity index is 595. The van der Waals surface area contributed by atoms with Gasteiger partial charge < -0.3 is 10.7 Å². The number of imidazole rings is 1. The highest BCUT2D eigenvalue weighted by Gasteiger charge is 2.14. The average Bonchev–Trinajstić information content (AvgIpc) is 2.85. The van der Waals surface area contributed by atoms with E-state index in [2.05, 4.69) is 39.7 Å². The number of nitrogens with two attached hydrogens (primary N) is 1. The lowest BCUT2D eigenvalue weighted by molar-refractivity contribution is 0.409.